The van der Waals surface area contributed by atoms with E-state index in [2.05, 4.69) is 22.6 Å². The Balaban J connectivity index is 1.76. The zero-order valence-electron chi connectivity index (χ0n) is 12.3. The maximum absolute atomic E-state index is 11.9. The molecule has 2 unspecified atom stereocenters. The molecule has 0 spiro atoms. The first-order valence-corrected chi connectivity index (χ1v) is 7.46. The lowest BCUT2D eigenvalue weighted by atomic mass is 9.79. The smallest absolute Gasteiger partial charge is 0.325 e. The summed E-state index contributed by atoms with van der Waals surface area (Å²) < 4.78 is 1.14. The first-order valence-electron chi connectivity index (χ1n) is 7.46. The standard InChI is InChI=1S/C14H22N4O3/c1-10-4-2-3-5-11(10)6-7-15-14(21)12-8-18(17-16-12)9-13(19)20/h8,10-11H,2-7,9H2,1H3,(H,15,21)(H,19,20). The molecule has 0 bridgehead atoms. The van der Waals surface area contributed by atoms with Gasteiger partial charge in [0.25, 0.3) is 5.91 Å². The maximum atomic E-state index is 11.9. The van der Waals surface area contributed by atoms with Crippen LogP contribution in [-0.2, 0) is 11.3 Å². The molecule has 1 aliphatic rings. The predicted octanol–water partition coefficient (Wildman–Crippen LogP) is 1.31. The molecule has 1 aliphatic carbocycles. The average molecular weight is 294 g/mol. The number of carboxylic acids is 1. The van der Waals surface area contributed by atoms with E-state index < -0.39 is 5.97 Å². The van der Waals surface area contributed by atoms with Crippen LogP contribution in [0.4, 0.5) is 0 Å². The molecule has 0 saturated heterocycles. The number of rotatable bonds is 6. The molecule has 1 aromatic heterocycles. The zero-order chi connectivity index (χ0) is 15.2. The molecule has 1 amide bonds. The topological polar surface area (TPSA) is 97.1 Å². The maximum Gasteiger partial charge on any atom is 0.325 e. The molecular weight excluding hydrogens is 272 g/mol. The summed E-state index contributed by atoms with van der Waals surface area (Å²) in [6, 6.07) is 0. The lowest BCUT2D eigenvalue weighted by Crippen LogP contribution is -2.28. The van der Waals surface area contributed by atoms with E-state index in [4.69, 9.17) is 5.11 Å². The van der Waals surface area contributed by atoms with Crippen LogP contribution in [0.5, 0.6) is 0 Å². The third-order valence-electron chi connectivity index (χ3n) is 4.16. The van der Waals surface area contributed by atoms with E-state index >= 15 is 0 Å². The molecule has 1 fully saturated rings. The van der Waals surface area contributed by atoms with E-state index in [0.717, 1.165) is 17.0 Å². The van der Waals surface area contributed by atoms with Crippen molar-refractivity contribution in [2.75, 3.05) is 6.54 Å². The molecule has 2 atom stereocenters. The second kappa shape index (κ2) is 7.19. The van der Waals surface area contributed by atoms with Crippen molar-refractivity contribution in [3.05, 3.63) is 11.9 Å². The van der Waals surface area contributed by atoms with E-state index in [1.54, 1.807) is 0 Å². The highest BCUT2D eigenvalue weighted by Gasteiger charge is 2.21. The van der Waals surface area contributed by atoms with Gasteiger partial charge in [-0.25, -0.2) is 4.68 Å². The minimum Gasteiger partial charge on any atom is -0.480 e. The molecule has 7 nitrogen and oxygen atoms in total. The van der Waals surface area contributed by atoms with Gasteiger partial charge in [0, 0.05) is 6.54 Å². The minimum absolute atomic E-state index is 0.160. The number of hydrogen-bond acceptors (Lipinski definition) is 4. The summed E-state index contributed by atoms with van der Waals surface area (Å²) in [7, 11) is 0. The van der Waals surface area contributed by atoms with Gasteiger partial charge in [-0.3, -0.25) is 9.59 Å². The summed E-state index contributed by atoms with van der Waals surface area (Å²) in [6.07, 6.45) is 7.46. The van der Waals surface area contributed by atoms with E-state index in [9.17, 15) is 9.59 Å². The predicted molar refractivity (Wildman–Crippen MR) is 75.7 cm³/mol. The fourth-order valence-electron chi connectivity index (χ4n) is 2.90. The summed E-state index contributed by atoms with van der Waals surface area (Å²) in [5, 5.41) is 18.8. The number of aliphatic carboxylic acids is 1. The molecule has 0 radical (unpaired) electrons. The van der Waals surface area contributed by atoms with Crippen LogP contribution in [0.1, 0.15) is 49.5 Å². The fraction of sp³-hybridized carbons (Fsp3) is 0.714. The van der Waals surface area contributed by atoms with Crippen molar-refractivity contribution in [2.45, 2.75) is 45.6 Å². The highest BCUT2D eigenvalue weighted by atomic mass is 16.4. The number of carbonyl (C=O) groups excluding carboxylic acids is 1. The van der Waals surface area contributed by atoms with Crippen molar-refractivity contribution >= 4 is 11.9 Å². The molecule has 116 valence electrons. The second-order valence-electron chi connectivity index (χ2n) is 5.76. The van der Waals surface area contributed by atoms with Crippen LogP contribution in [0.3, 0.4) is 0 Å². The fourth-order valence-corrected chi connectivity index (χ4v) is 2.90. The average Bonchev–Trinajstić information content (AvgIpc) is 2.88. The highest BCUT2D eigenvalue weighted by Crippen LogP contribution is 2.31. The summed E-state index contributed by atoms with van der Waals surface area (Å²) in [5.41, 5.74) is 0.160. The Labute approximate surface area is 123 Å². The van der Waals surface area contributed by atoms with Gasteiger partial charge in [0.05, 0.1) is 6.20 Å². The molecule has 0 aliphatic heterocycles. The van der Waals surface area contributed by atoms with Crippen LogP contribution in [0.15, 0.2) is 6.20 Å². The molecule has 2 rings (SSSR count). The van der Waals surface area contributed by atoms with Crippen LogP contribution < -0.4 is 5.32 Å². The Morgan fingerprint density at radius 2 is 2.19 bits per heavy atom. The lowest BCUT2D eigenvalue weighted by molar-refractivity contribution is -0.137. The van der Waals surface area contributed by atoms with Crippen LogP contribution >= 0.6 is 0 Å². The minimum atomic E-state index is -1.02. The molecule has 1 aromatic rings. The van der Waals surface area contributed by atoms with Gasteiger partial charge >= 0.3 is 5.97 Å². The van der Waals surface area contributed by atoms with Crippen molar-refractivity contribution in [1.82, 2.24) is 20.3 Å². The summed E-state index contributed by atoms with van der Waals surface area (Å²) in [4.78, 5) is 22.4. The monoisotopic (exact) mass is 294 g/mol. The normalized spacial score (nSPS) is 22.0. The summed E-state index contributed by atoms with van der Waals surface area (Å²) in [5.74, 6) is 0.0992. The number of hydrogen-bond donors (Lipinski definition) is 2. The Morgan fingerprint density at radius 1 is 1.43 bits per heavy atom. The van der Waals surface area contributed by atoms with E-state index in [-0.39, 0.29) is 18.1 Å². The third kappa shape index (κ3) is 4.54. The van der Waals surface area contributed by atoms with Gasteiger partial charge in [-0.2, -0.15) is 0 Å². The Hall–Kier alpha value is -1.92. The third-order valence-corrected chi connectivity index (χ3v) is 4.16. The first kappa shape index (κ1) is 15.5. The molecule has 1 heterocycles. The first-order chi connectivity index (χ1) is 10.1. The van der Waals surface area contributed by atoms with Crippen LogP contribution in [0.2, 0.25) is 0 Å². The summed E-state index contributed by atoms with van der Waals surface area (Å²) >= 11 is 0. The quantitative estimate of drug-likeness (QED) is 0.824. The van der Waals surface area contributed by atoms with Crippen molar-refractivity contribution in [2.24, 2.45) is 11.8 Å². The number of nitrogens with one attached hydrogen (secondary N) is 1. The van der Waals surface area contributed by atoms with Crippen LogP contribution in [0, 0.1) is 11.8 Å². The van der Waals surface area contributed by atoms with Gasteiger partial charge < -0.3 is 10.4 Å². The van der Waals surface area contributed by atoms with Crippen molar-refractivity contribution in [3.8, 4) is 0 Å². The van der Waals surface area contributed by atoms with Crippen molar-refractivity contribution < 1.29 is 14.7 Å². The molecular formula is C14H22N4O3. The van der Waals surface area contributed by atoms with Crippen molar-refractivity contribution in [1.29, 1.82) is 0 Å². The molecule has 0 aromatic carbocycles. The molecule has 7 heteroatoms. The Kier molecular flexibility index (Phi) is 5.30. The number of carboxylic acid groups (broad SMARTS) is 1. The Morgan fingerprint density at radius 3 is 2.90 bits per heavy atom. The largest absolute Gasteiger partial charge is 0.480 e. The zero-order valence-corrected chi connectivity index (χ0v) is 12.3. The van der Waals surface area contributed by atoms with Gasteiger partial charge in [0.15, 0.2) is 5.69 Å². The molecule has 21 heavy (non-hydrogen) atoms. The van der Waals surface area contributed by atoms with E-state index in [1.807, 2.05) is 0 Å². The van der Waals surface area contributed by atoms with E-state index in [0.29, 0.717) is 12.5 Å². The van der Waals surface area contributed by atoms with Gasteiger partial charge in [0.2, 0.25) is 0 Å². The van der Waals surface area contributed by atoms with Crippen molar-refractivity contribution in [3.63, 3.8) is 0 Å². The second-order valence-corrected chi connectivity index (χ2v) is 5.76. The van der Waals surface area contributed by atoms with Gasteiger partial charge in [-0.1, -0.05) is 37.8 Å². The summed E-state index contributed by atoms with van der Waals surface area (Å²) in [6.45, 7) is 2.61. The number of carbonyl (C=O) groups is 2. The van der Waals surface area contributed by atoms with Gasteiger partial charge in [0.1, 0.15) is 6.54 Å². The SMILES string of the molecule is CC1CCCCC1CCNC(=O)c1cn(CC(=O)O)nn1. The van der Waals surface area contributed by atoms with E-state index in [1.165, 1.54) is 31.9 Å². The lowest BCUT2D eigenvalue weighted by Gasteiger charge is -2.28. The van der Waals surface area contributed by atoms with Gasteiger partial charge in [-0.05, 0) is 18.3 Å². The number of aromatic nitrogens is 3. The number of nitrogens with zero attached hydrogens (tertiary/aromatic N) is 3. The van der Waals surface area contributed by atoms with Gasteiger partial charge in [-0.15, -0.1) is 5.10 Å². The van der Waals surface area contributed by atoms with Crippen LogP contribution in [0.25, 0.3) is 0 Å². The highest BCUT2D eigenvalue weighted by molar-refractivity contribution is 5.91. The molecule has 2 N–H and O–H groups in total. The van der Waals surface area contributed by atoms with Crippen LogP contribution in [-0.4, -0.2) is 38.5 Å². The number of amides is 1. The molecule has 1 saturated carbocycles. The Bertz CT molecular complexity index is 500.